The molecule has 26 heavy (non-hydrogen) atoms. The van der Waals surface area contributed by atoms with Gasteiger partial charge in [0, 0.05) is 16.3 Å². The van der Waals surface area contributed by atoms with E-state index in [2.05, 4.69) is 16.6 Å². The molecule has 2 unspecified atom stereocenters. The zero-order valence-electron chi connectivity index (χ0n) is 13.8. The Balaban J connectivity index is 2.13. The first-order chi connectivity index (χ1) is 12.2. The number of nitrogens with one attached hydrogen (secondary N) is 1. The van der Waals surface area contributed by atoms with Crippen molar-refractivity contribution in [3.63, 3.8) is 0 Å². The Bertz CT molecular complexity index is 947. The van der Waals surface area contributed by atoms with E-state index in [0.717, 1.165) is 0 Å². The van der Waals surface area contributed by atoms with Crippen molar-refractivity contribution in [2.24, 2.45) is 11.7 Å². The highest BCUT2D eigenvalue weighted by Crippen LogP contribution is 2.18. The lowest BCUT2D eigenvalue weighted by Gasteiger charge is -2.11. The third-order valence-electron chi connectivity index (χ3n) is 3.47. The zero-order valence-corrected chi connectivity index (χ0v) is 16.2. The summed E-state index contributed by atoms with van der Waals surface area (Å²) in [5.41, 5.74) is 6.40. The molecule has 2 aromatic rings. The molecule has 2 aromatic carbocycles. The zero-order chi connectivity index (χ0) is 19.3. The van der Waals surface area contributed by atoms with E-state index in [-0.39, 0.29) is 9.88 Å². The Hall–Kier alpha value is -2.11. The molecule has 8 heteroatoms. The minimum atomic E-state index is -3.71. The van der Waals surface area contributed by atoms with Crippen LogP contribution >= 0.6 is 23.8 Å². The smallest absolute Gasteiger partial charge is 0.261 e. The number of rotatable bonds is 5. The van der Waals surface area contributed by atoms with E-state index >= 15 is 0 Å². The standard InChI is InChI=1S/C18H17ClN2O3S2/c1-12(17(22)18(20)25)2-3-13-4-10-16(11-5-13)26(23,24)21-15-8-6-14(19)7-9-15/h4-12,17,21-22H,1H3,(H2,20,25). The maximum Gasteiger partial charge on any atom is 0.261 e. The van der Waals surface area contributed by atoms with Gasteiger partial charge in [-0.15, -0.1) is 0 Å². The van der Waals surface area contributed by atoms with Gasteiger partial charge in [-0.25, -0.2) is 8.42 Å². The average Bonchev–Trinajstić information content (AvgIpc) is 2.61. The summed E-state index contributed by atoms with van der Waals surface area (Å²) in [6.07, 6.45) is -0.985. The highest BCUT2D eigenvalue weighted by Gasteiger charge is 2.15. The van der Waals surface area contributed by atoms with Gasteiger partial charge < -0.3 is 10.8 Å². The molecule has 136 valence electrons. The van der Waals surface area contributed by atoms with Gasteiger partial charge in [-0.3, -0.25) is 4.72 Å². The highest BCUT2D eigenvalue weighted by atomic mass is 35.5. The quantitative estimate of drug-likeness (QED) is 0.522. The first-order valence-electron chi connectivity index (χ1n) is 7.56. The lowest BCUT2D eigenvalue weighted by molar-refractivity contribution is 0.209. The summed E-state index contributed by atoms with van der Waals surface area (Å²) in [5.74, 6) is 5.27. The molecule has 0 aliphatic rings. The van der Waals surface area contributed by atoms with Crippen LogP contribution in [0.3, 0.4) is 0 Å². The summed E-state index contributed by atoms with van der Waals surface area (Å²) >= 11 is 10.5. The van der Waals surface area contributed by atoms with Crippen molar-refractivity contribution in [3.05, 3.63) is 59.1 Å². The molecular weight excluding hydrogens is 392 g/mol. The number of halogens is 1. The molecule has 0 spiro atoms. The van der Waals surface area contributed by atoms with Gasteiger partial charge in [0.15, 0.2) is 0 Å². The second-order valence-corrected chi connectivity index (χ2v) is 8.13. The Kier molecular flexibility index (Phi) is 6.62. The van der Waals surface area contributed by atoms with Crippen LogP contribution in [0.4, 0.5) is 5.69 Å². The Morgan fingerprint density at radius 2 is 1.77 bits per heavy atom. The maximum absolute atomic E-state index is 12.4. The molecular formula is C18H17ClN2O3S2. The predicted octanol–water partition coefficient (Wildman–Crippen LogP) is 2.78. The molecule has 0 saturated heterocycles. The normalized spacial score (nSPS) is 13.2. The topological polar surface area (TPSA) is 92.4 Å². The van der Waals surface area contributed by atoms with Crippen LogP contribution in [0.1, 0.15) is 12.5 Å². The van der Waals surface area contributed by atoms with Crippen LogP contribution in [0.2, 0.25) is 5.02 Å². The number of sulfonamides is 1. The first-order valence-corrected chi connectivity index (χ1v) is 9.83. The number of benzene rings is 2. The molecule has 2 rings (SSSR count). The van der Waals surface area contributed by atoms with Crippen LogP contribution in [-0.2, 0) is 10.0 Å². The summed E-state index contributed by atoms with van der Waals surface area (Å²) in [6.45, 7) is 1.70. The minimum absolute atomic E-state index is 0.0125. The number of thiocarbonyl (C=S) groups is 1. The van der Waals surface area contributed by atoms with Crippen molar-refractivity contribution in [2.75, 3.05) is 4.72 Å². The van der Waals surface area contributed by atoms with Gasteiger partial charge in [0.1, 0.15) is 11.1 Å². The van der Waals surface area contributed by atoms with Gasteiger partial charge in [-0.2, -0.15) is 0 Å². The number of aliphatic hydroxyl groups is 1. The average molecular weight is 409 g/mol. The van der Waals surface area contributed by atoms with E-state index in [1.807, 2.05) is 0 Å². The molecule has 0 fully saturated rings. The van der Waals surface area contributed by atoms with Gasteiger partial charge in [0.2, 0.25) is 0 Å². The Morgan fingerprint density at radius 3 is 2.31 bits per heavy atom. The summed E-state index contributed by atoms with van der Waals surface area (Å²) in [5, 5.41) is 10.2. The second-order valence-electron chi connectivity index (χ2n) is 5.54. The van der Waals surface area contributed by atoms with Gasteiger partial charge in [0.25, 0.3) is 10.0 Å². The molecule has 0 amide bonds. The van der Waals surface area contributed by atoms with Crippen molar-refractivity contribution in [2.45, 2.75) is 17.9 Å². The van der Waals surface area contributed by atoms with E-state index < -0.39 is 22.0 Å². The van der Waals surface area contributed by atoms with Crippen LogP contribution in [0.25, 0.3) is 0 Å². The van der Waals surface area contributed by atoms with Gasteiger partial charge >= 0.3 is 0 Å². The fourth-order valence-corrected chi connectivity index (χ4v) is 3.36. The van der Waals surface area contributed by atoms with Crippen LogP contribution < -0.4 is 10.5 Å². The van der Waals surface area contributed by atoms with E-state index in [1.54, 1.807) is 43.3 Å². The van der Waals surface area contributed by atoms with Crippen molar-refractivity contribution >= 4 is 44.5 Å². The molecule has 5 nitrogen and oxygen atoms in total. The molecule has 0 aliphatic heterocycles. The summed E-state index contributed by atoms with van der Waals surface area (Å²) in [4.78, 5) is 0.0933. The van der Waals surface area contributed by atoms with Gasteiger partial charge in [0.05, 0.1) is 10.8 Å². The molecule has 0 heterocycles. The van der Waals surface area contributed by atoms with Crippen LogP contribution in [-0.4, -0.2) is 24.6 Å². The maximum atomic E-state index is 12.4. The number of hydrogen-bond acceptors (Lipinski definition) is 4. The number of anilines is 1. The van der Waals surface area contributed by atoms with Crippen LogP contribution in [0.15, 0.2) is 53.4 Å². The second kappa shape index (κ2) is 8.52. The summed E-state index contributed by atoms with van der Waals surface area (Å²) in [6, 6.07) is 12.4. The largest absolute Gasteiger partial charge is 0.391 e. The fraction of sp³-hybridized carbons (Fsp3) is 0.167. The SMILES string of the molecule is CC(C#Cc1ccc(S(=O)(=O)Nc2ccc(Cl)cc2)cc1)C(O)C(N)=S. The van der Waals surface area contributed by atoms with Crippen molar-refractivity contribution in [3.8, 4) is 11.8 Å². The number of nitrogens with two attached hydrogens (primary N) is 1. The van der Waals surface area contributed by atoms with Gasteiger partial charge in [-0.1, -0.05) is 35.7 Å². The number of aliphatic hydroxyl groups excluding tert-OH is 1. The lowest BCUT2D eigenvalue weighted by Crippen LogP contribution is -2.31. The van der Waals surface area contributed by atoms with E-state index in [4.69, 9.17) is 29.6 Å². The minimum Gasteiger partial charge on any atom is -0.391 e. The van der Waals surface area contributed by atoms with E-state index in [9.17, 15) is 13.5 Å². The monoisotopic (exact) mass is 408 g/mol. The molecule has 0 aliphatic carbocycles. The Morgan fingerprint density at radius 1 is 1.19 bits per heavy atom. The summed E-state index contributed by atoms with van der Waals surface area (Å²) < 4.78 is 27.2. The fourth-order valence-electron chi connectivity index (χ4n) is 1.97. The van der Waals surface area contributed by atoms with Crippen molar-refractivity contribution < 1.29 is 13.5 Å². The van der Waals surface area contributed by atoms with Crippen LogP contribution in [0.5, 0.6) is 0 Å². The van der Waals surface area contributed by atoms with Crippen molar-refractivity contribution in [1.29, 1.82) is 0 Å². The molecule has 0 bridgehead atoms. The van der Waals surface area contributed by atoms with Crippen molar-refractivity contribution in [1.82, 2.24) is 0 Å². The van der Waals surface area contributed by atoms with E-state index in [0.29, 0.717) is 16.3 Å². The Labute approximate surface area is 163 Å². The molecule has 4 N–H and O–H groups in total. The van der Waals surface area contributed by atoms with E-state index in [1.165, 1.54) is 12.1 Å². The third-order valence-corrected chi connectivity index (χ3v) is 5.36. The molecule has 0 radical (unpaired) electrons. The molecule has 0 aromatic heterocycles. The summed E-state index contributed by atoms with van der Waals surface area (Å²) in [7, 11) is -3.71. The lowest BCUT2D eigenvalue weighted by atomic mass is 10.1. The highest BCUT2D eigenvalue weighted by molar-refractivity contribution is 7.92. The third kappa shape index (κ3) is 5.44. The molecule has 0 saturated carbocycles. The number of hydrogen-bond donors (Lipinski definition) is 3. The first kappa shape index (κ1) is 20.2. The predicted molar refractivity (Wildman–Crippen MR) is 108 cm³/mol. The molecule has 2 atom stereocenters. The van der Waals surface area contributed by atoms with Crippen LogP contribution in [0, 0.1) is 17.8 Å². The van der Waals surface area contributed by atoms with Gasteiger partial charge in [-0.05, 0) is 55.5 Å².